The van der Waals surface area contributed by atoms with Crippen LogP contribution in [0.3, 0.4) is 0 Å². The van der Waals surface area contributed by atoms with Gasteiger partial charge in [0.1, 0.15) is 0 Å². The van der Waals surface area contributed by atoms with Crippen LogP contribution in [0, 0.1) is 0 Å². The fourth-order valence-corrected chi connectivity index (χ4v) is 4.29. The maximum Gasteiger partial charge on any atom is 0.481 e. The summed E-state index contributed by atoms with van der Waals surface area (Å²) in [5.74, 6) is 0. The molecule has 78 valence electrons. The summed E-state index contributed by atoms with van der Waals surface area (Å²) >= 11 is 0. The van der Waals surface area contributed by atoms with E-state index in [1.54, 1.807) is 0 Å². The number of hydrogen-bond donors (Lipinski definition) is 0. The molecule has 1 aliphatic rings. The second-order valence-corrected chi connectivity index (χ2v) is 6.62. The van der Waals surface area contributed by atoms with Crippen molar-refractivity contribution in [2.45, 2.75) is 6.42 Å². The third-order valence-corrected chi connectivity index (χ3v) is 5.71. The number of phosphoric ester groups is 1. The molecule has 0 spiro atoms. The Hall–Kier alpha value is 0.300. The van der Waals surface area contributed by atoms with Crippen LogP contribution in [0.25, 0.3) is 0 Å². The lowest BCUT2D eigenvalue weighted by molar-refractivity contribution is 0.181. The molecule has 6 nitrogen and oxygen atoms in total. The molecule has 0 bridgehead atoms. The van der Waals surface area contributed by atoms with Gasteiger partial charge in [0.05, 0.1) is 12.8 Å². The smallest absolute Gasteiger partial charge is 0.312 e. The SMILES string of the molecule is COP1(=O)CCCOP(=O)(OC)O1. The van der Waals surface area contributed by atoms with Crippen molar-refractivity contribution in [3.63, 3.8) is 0 Å². The molecule has 8 heteroatoms. The average molecular weight is 230 g/mol. The van der Waals surface area contributed by atoms with Crippen molar-refractivity contribution >= 4 is 15.4 Å². The highest BCUT2D eigenvalue weighted by atomic mass is 31.3. The van der Waals surface area contributed by atoms with E-state index in [1.807, 2.05) is 0 Å². The van der Waals surface area contributed by atoms with Gasteiger partial charge in [0.15, 0.2) is 0 Å². The van der Waals surface area contributed by atoms with Gasteiger partial charge in [-0.3, -0.25) is 13.6 Å². The van der Waals surface area contributed by atoms with Gasteiger partial charge in [-0.05, 0) is 6.42 Å². The van der Waals surface area contributed by atoms with Gasteiger partial charge < -0.3 is 4.52 Å². The minimum Gasteiger partial charge on any atom is -0.312 e. The number of rotatable bonds is 2. The summed E-state index contributed by atoms with van der Waals surface area (Å²) in [6.45, 7) is 0.193. The molecule has 1 saturated heterocycles. The van der Waals surface area contributed by atoms with Crippen molar-refractivity contribution in [1.29, 1.82) is 0 Å². The Bertz CT molecular complexity index is 238. The predicted molar refractivity (Wildman–Crippen MR) is 45.8 cm³/mol. The van der Waals surface area contributed by atoms with Crippen LogP contribution >= 0.6 is 15.4 Å². The molecule has 1 heterocycles. The van der Waals surface area contributed by atoms with Crippen LogP contribution in [0.4, 0.5) is 0 Å². The van der Waals surface area contributed by atoms with Crippen LogP contribution in [0.1, 0.15) is 6.42 Å². The predicted octanol–water partition coefficient (Wildman–Crippen LogP) is 2.02. The Morgan fingerprint density at radius 3 is 2.46 bits per heavy atom. The molecule has 2 atom stereocenters. The first kappa shape index (κ1) is 11.4. The fourth-order valence-electron chi connectivity index (χ4n) is 0.862. The molecule has 13 heavy (non-hydrogen) atoms. The first-order chi connectivity index (χ1) is 6.04. The summed E-state index contributed by atoms with van der Waals surface area (Å²) in [6.07, 6.45) is 0.662. The zero-order valence-corrected chi connectivity index (χ0v) is 9.25. The minimum atomic E-state index is -3.66. The van der Waals surface area contributed by atoms with Crippen molar-refractivity contribution < 1.29 is 27.0 Å². The van der Waals surface area contributed by atoms with Crippen LogP contribution < -0.4 is 0 Å². The Labute approximate surface area is 76.7 Å². The van der Waals surface area contributed by atoms with Gasteiger partial charge >= 0.3 is 15.4 Å². The van der Waals surface area contributed by atoms with Gasteiger partial charge in [-0.1, -0.05) is 0 Å². The second-order valence-electron chi connectivity index (χ2n) is 2.42. The highest BCUT2D eigenvalue weighted by Gasteiger charge is 2.39. The molecule has 1 fully saturated rings. The van der Waals surface area contributed by atoms with Gasteiger partial charge in [0.25, 0.3) is 0 Å². The molecule has 0 aliphatic carbocycles. The van der Waals surface area contributed by atoms with Crippen molar-refractivity contribution in [3.05, 3.63) is 0 Å². The highest BCUT2D eigenvalue weighted by molar-refractivity contribution is 7.65. The Morgan fingerprint density at radius 1 is 1.23 bits per heavy atom. The topological polar surface area (TPSA) is 71.1 Å². The van der Waals surface area contributed by atoms with Crippen molar-refractivity contribution in [3.8, 4) is 0 Å². The van der Waals surface area contributed by atoms with E-state index in [4.69, 9.17) is 8.83 Å². The minimum absolute atomic E-state index is 0.191. The molecular formula is C5H12O6P2. The molecule has 0 aromatic carbocycles. The lowest BCUT2D eigenvalue weighted by Crippen LogP contribution is -1.94. The molecule has 0 saturated carbocycles. The first-order valence-corrected chi connectivity index (χ1v) is 6.89. The molecule has 0 amide bonds. The van der Waals surface area contributed by atoms with E-state index >= 15 is 0 Å². The van der Waals surface area contributed by atoms with Crippen LogP contribution in [0.5, 0.6) is 0 Å². The second kappa shape index (κ2) is 4.22. The van der Waals surface area contributed by atoms with E-state index in [-0.39, 0.29) is 12.8 Å². The van der Waals surface area contributed by atoms with Crippen LogP contribution in [-0.4, -0.2) is 27.0 Å². The van der Waals surface area contributed by atoms with Gasteiger partial charge in [-0.2, -0.15) is 0 Å². The summed E-state index contributed by atoms with van der Waals surface area (Å²) < 4.78 is 41.8. The Kier molecular flexibility index (Phi) is 3.69. The Balaban J connectivity index is 2.83. The zero-order chi connectivity index (χ0) is 9.95. The van der Waals surface area contributed by atoms with E-state index in [0.717, 1.165) is 0 Å². The summed E-state index contributed by atoms with van der Waals surface area (Å²) in [7, 11) is -4.54. The molecule has 2 unspecified atom stereocenters. The summed E-state index contributed by atoms with van der Waals surface area (Å²) in [5, 5.41) is 0. The largest absolute Gasteiger partial charge is 0.481 e. The standard InChI is InChI=1S/C5H12O6P2/c1-8-12(6)5-3-4-10-13(7,9-2)11-12/h3-5H2,1-2H3. The van der Waals surface area contributed by atoms with Gasteiger partial charge in [-0.15, -0.1) is 0 Å². The van der Waals surface area contributed by atoms with Crippen molar-refractivity contribution in [2.24, 2.45) is 0 Å². The lowest BCUT2D eigenvalue weighted by atomic mass is 10.5. The van der Waals surface area contributed by atoms with Crippen molar-refractivity contribution in [1.82, 2.24) is 0 Å². The molecule has 1 rings (SSSR count). The summed E-state index contributed by atoms with van der Waals surface area (Å²) in [4.78, 5) is 0. The van der Waals surface area contributed by atoms with E-state index in [9.17, 15) is 9.13 Å². The quantitative estimate of drug-likeness (QED) is 0.675. The maximum atomic E-state index is 11.6. The van der Waals surface area contributed by atoms with E-state index in [1.165, 1.54) is 14.2 Å². The molecule has 1 aliphatic heterocycles. The van der Waals surface area contributed by atoms with E-state index < -0.39 is 15.4 Å². The molecule has 0 N–H and O–H groups in total. The summed E-state index contributed by atoms with van der Waals surface area (Å²) in [6, 6.07) is 0. The van der Waals surface area contributed by atoms with Crippen LogP contribution in [0.15, 0.2) is 0 Å². The highest BCUT2D eigenvalue weighted by Crippen LogP contribution is 2.66. The zero-order valence-electron chi connectivity index (χ0n) is 7.47. The molecule has 0 aromatic heterocycles. The third kappa shape index (κ3) is 2.88. The number of hydrogen-bond acceptors (Lipinski definition) is 6. The molecule has 0 aromatic rings. The monoisotopic (exact) mass is 230 g/mol. The average Bonchev–Trinajstić information content (AvgIpc) is 2.27. The number of phosphoric acid groups is 1. The van der Waals surface area contributed by atoms with E-state index in [2.05, 4.69) is 9.05 Å². The first-order valence-electron chi connectivity index (χ1n) is 3.70. The lowest BCUT2D eigenvalue weighted by Gasteiger charge is -2.16. The van der Waals surface area contributed by atoms with Crippen LogP contribution in [0.2, 0.25) is 0 Å². The molecular weight excluding hydrogens is 218 g/mol. The van der Waals surface area contributed by atoms with Gasteiger partial charge in [-0.25, -0.2) is 8.88 Å². The Morgan fingerprint density at radius 2 is 1.92 bits per heavy atom. The maximum absolute atomic E-state index is 11.6. The van der Waals surface area contributed by atoms with Gasteiger partial charge in [0, 0.05) is 14.2 Å². The normalized spacial score (nSPS) is 41.4. The van der Waals surface area contributed by atoms with Crippen molar-refractivity contribution in [2.75, 3.05) is 27.0 Å². The van der Waals surface area contributed by atoms with E-state index in [0.29, 0.717) is 6.42 Å². The van der Waals surface area contributed by atoms with Crippen LogP contribution in [-0.2, 0) is 27.0 Å². The third-order valence-electron chi connectivity index (χ3n) is 1.55. The summed E-state index contributed by atoms with van der Waals surface area (Å²) in [5.41, 5.74) is 0. The molecule has 0 radical (unpaired) electrons. The van der Waals surface area contributed by atoms with Gasteiger partial charge in [0.2, 0.25) is 0 Å². The fraction of sp³-hybridized carbons (Fsp3) is 1.00.